The lowest BCUT2D eigenvalue weighted by molar-refractivity contribution is 0.0277. The largest absolute Gasteiger partial charge is 0.493 e. The molecule has 4 aromatic rings. The van der Waals surface area contributed by atoms with Crippen molar-refractivity contribution in [3.8, 4) is 23.1 Å². The second kappa shape index (κ2) is 7.79. The van der Waals surface area contributed by atoms with Crippen LogP contribution in [0.1, 0.15) is 25.5 Å². The molecule has 8 heteroatoms. The van der Waals surface area contributed by atoms with Gasteiger partial charge in [0.15, 0.2) is 23.3 Å². The molecule has 1 aliphatic heterocycles. The third-order valence-electron chi connectivity index (χ3n) is 5.23. The lowest BCUT2D eigenvalue weighted by Crippen LogP contribution is -2.31. The van der Waals surface area contributed by atoms with Gasteiger partial charge in [-0.15, -0.1) is 0 Å². The van der Waals surface area contributed by atoms with Gasteiger partial charge in [-0.25, -0.2) is 15.0 Å². The molecule has 1 aromatic carbocycles. The Morgan fingerprint density at radius 3 is 2.77 bits per heavy atom. The van der Waals surface area contributed by atoms with Crippen molar-refractivity contribution in [1.29, 1.82) is 0 Å². The van der Waals surface area contributed by atoms with Crippen LogP contribution >= 0.6 is 0 Å². The van der Waals surface area contributed by atoms with Crippen molar-refractivity contribution in [2.45, 2.75) is 25.7 Å². The van der Waals surface area contributed by atoms with Gasteiger partial charge in [0.05, 0.1) is 27.1 Å². The number of hydrogen-bond donors (Lipinski definition) is 0. The summed E-state index contributed by atoms with van der Waals surface area (Å²) >= 11 is 0. The number of fused-ring (bicyclic) bond motifs is 2. The van der Waals surface area contributed by atoms with Crippen LogP contribution in [0.4, 0.5) is 0 Å². The van der Waals surface area contributed by atoms with E-state index in [2.05, 4.69) is 15.0 Å². The average molecular weight is 419 g/mol. The Kier molecular flexibility index (Phi) is 4.52. The highest BCUT2D eigenvalue weighted by atomic mass is 16.6. The van der Waals surface area contributed by atoms with Crippen molar-refractivity contribution in [2.75, 3.05) is 14.2 Å². The van der Waals surface area contributed by atoms with E-state index in [4.69, 9.17) is 20.3 Å². The number of aromatic nitrogens is 4. The first kappa shape index (κ1) is 18.0. The van der Waals surface area contributed by atoms with E-state index in [9.17, 15) is 0 Å². The number of imidazole rings is 1. The van der Waals surface area contributed by atoms with Crippen LogP contribution in [0.5, 0.6) is 23.1 Å². The minimum atomic E-state index is -0.345. The predicted molar refractivity (Wildman–Crippen MR) is 114 cm³/mol. The van der Waals surface area contributed by atoms with Gasteiger partial charge in [0.25, 0.3) is 0 Å². The molecule has 4 heterocycles. The predicted octanol–water partition coefficient (Wildman–Crippen LogP) is 3.79. The summed E-state index contributed by atoms with van der Waals surface area (Å²) in [6.45, 7) is 2.35. The number of nitrogens with zero attached hydrogens (tertiary/aromatic N) is 4. The molecule has 0 saturated heterocycles. The van der Waals surface area contributed by atoms with Gasteiger partial charge in [-0.05, 0) is 42.8 Å². The molecule has 0 radical (unpaired) electrons. The standard InChI is InChI=1S/C23H22N4O4/c1-14-21(16-6-7-20(29-3)25-11-16)31-22-18(28-2)9-15(10-19(22)30-14)12-27-13-26-17-5-4-8-24-23(17)27/h4-11,13-14,21H,12H2,1-3H3/t14-,21+/m1/s1/i13D. The lowest BCUT2D eigenvalue weighted by atomic mass is 10.0. The summed E-state index contributed by atoms with van der Waals surface area (Å²) in [6.07, 6.45) is 2.97. The van der Waals surface area contributed by atoms with Crippen LogP contribution in [0.25, 0.3) is 11.2 Å². The Morgan fingerprint density at radius 2 is 2.00 bits per heavy atom. The first-order valence-corrected chi connectivity index (χ1v) is 9.89. The molecule has 0 spiro atoms. The van der Waals surface area contributed by atoms with Crippen molar-refractivity contribution in [3.63, 3.8) is 0 Å². The normalized spacial score (nSPS) is 18.0. The molecule has 5 rings (SSSR count). The lowest BCUT2D eigenvalue weighted by Gasteiger charge is -2.33. The summed E-state index contributed by atoms with van der Waals surface area (Å²) in [5.41, 5.74) is 3.11. The van der Waals surface area contributed by atoms with Crippen molar-refractivity contribution >= 4 is 11.2 Å². The maximum atomic E-state index is 8.23. The highest BCUT2D eigenvalue weighted by Gasteiger charge is 2.32. The molecule has 3 aromatic heterocycles. The fourth-order valence-corrected chi connectivity index (χ4v) is 3.72. The first-order valence-electron chi connectivity index (χ1n) is 10.4. The van der Waals surface area contributed by atoms with E-state index < -0.39 is 0 Å². The zero-order valence-electron chi connectivity index (χ0n) is 18.4. The third kappa shape index (κ3) is 3.50. The number of pyridine rings is 2. The zero-order valence-corrected chi connectivity index (χ0v) is 17.4. The van der Waals surface area contributed by atoms with Crippen molar-refractivity contribution in [1.82, 2.24) is 19.5 Å². The molecule has 2 atom stereocenters. The Morgan fingerprint density at radius 1 is 1.10 bits per heavy atom. The summed E-state index contributed by atoms with van der Waals surface area (Å²) in [4.78, 5) is 12.9. The number of rotatable bonds is 5. The fourth-order valence-electron chi connectivity index (χ4n) is 3.72. The summed E-state index contributed by atoms with van der Waals surface area (Å²) in [5.74, 6) is 2.22. The van der Waals surface area contributed by atoms with Crippen LogP contribution in [-0.4, -0.2) is 39.8 Å². The summed E-state index contributed by atoms with van der Waals surface area (Å²) in [6, 6.07) is 11.2. The van der Waals surface area contributed by atoms with Gasteiger partial charge in [0.1, 0.15) is 13.0 Å². The van der Waals surface area contributed by atoms with Gasteiger partial charge in [0, 0.05) is 24.0 Å². The van der Waals surface area contributed by atoms with Gasteiger partial charge in [-0.3, -0.25) is 0 Å². The Bertz CT molecular complexity index is 1280. The van der Waals surface area contributed by atoms with Crippen LogP contribution in [0.3, 0.4) is 0 Å². The number of benzene rings is 1. The van der Waals surface area contributed by atoms with E-state index in [1.807, 2.05) is 37.3 Å². The van der Waals surface area contributed by atoms with E-state index >= 15 is 0 Å². The fraction of sp³-hybridized carbons (Fsp3) is 0.261. The Hall–Kier alpha value is -3.81. The molecular formula is C23H22N4O4. The SMILES string of the molecule is [2H]c1nc2cccnc2n1Cc1cc(OC)c2c(c1)O[C@H](C)[C@@H](c1ccc(OC)nc1)O2. The van der Waals surface area contributed by atoms with E-state index in [1.54, 1.807) is 37.2 Å². The molecule has 0 unspecified atom stereocenters. The van der Waals surface area contributed by atoms with E-state index in [-0.39, 0.29) is 18.5 Å². The molecule has 1 aliphatic rings. The van der Waals surface area contributed by atoms with Crippen molar-refractivity contribution in [2.24, 2.45) is 0 Å². The molecule has 0 N–H and O–H groups in total. The highest BCUT2D eigenvalue weighted by molar-refractivity contribution is 5.70. The van der Waals surface area contributed by atoms with Crippen LogP contribution in [0.15, 0.2) is 55.1 Å². The molecule has 0 saturated carbocycles. The van der Waals surface area contributed by atoms with Crippen molar-refractivity contribution in [3.05, 3.63) is 66.2 Å². The smallest absolute Gasteiger partial charge is 0.212 e. The Balaban J connectivity index is 1.48. The van der Waals surface area contributed by atoms with Crippen molar-refractivity contribution < 1.29 is 20.3 Å². The molecule has 31 heavy (non-hydrogen) atoms. The molecule has 0 amide bonds. The molecule has 158 valence electrons. The number of ether oxygens (including phenoxy) is 4. The number of hydrogen-bond acceptors (Lipinski definition) is 7. The second-order valence-corrected chi connectivity index (χ2v) is 7.26. The summed E-state index contributed by atoms with van der Waals surface area (Å²) in [7, 11) is 3.17. The van der Waals surface area contributed by atoms with Crippen LogP contribution in [-0.2, 0) is 6.54 Å². The van der Waals surface area contributed by atoms with Gasteiger partial charge in [-0.2, -0.15) is 0 Å². The zero-order chi connectivity index (χ0) is 22.2. The molecule has 0 aliphatic carbocycles. The summed E-state index contributed by atoms with van der Waals surface area (Å²) < 4.78 is 33.3. The molecule has 0 bridgehead atoms. The minimum Gasteiger partial charge on any atom is -0.493 e. The van der Waals surface area contributed by atoms with Gasteiger partial charge >= 0.3 is 0 Å². The third-order valence-corrected chi connectivity index (χ3v) is 5.23. The quantitative estimate of drug-likeness (QED) is 0.487. The van der Waals surface area contributed by atoms with Crippen LogP contribution in [0.2, 0.25) is 0 Å². The number of methoxy groups -OCH3 is 2. The molecule has 8 nitrogen and oxygen atoms in total. The molecular weight excluding hydrogens is 396 g/mol. The van der Waals surface area contributed by atoms with Gasteiger partial charge < -0.3 is 23.5 Å². The monoisotopic (exact) mass is 419 g/mol. The second-order valence-electron chi connectivity index (χ2n) is 7.26. The van der Waals surface area contributed by atoms with Gasteiger partial charge in [0.2, 0.25) is 11.6 Å². The highest BCUT2D eigenvalue weighted by Crippen LogP contribution is 2.46. The van der Waals surface area contributed by atoms with Crippen LogP contribution in [0, 0.1) is 0 Å². The van der Waals surface area contributed by atoms with E-state index in [0.717, 1.165) is 11.1 Å². The van der Waals surface area contributed by atoms with Crippen LogP contribution < -0.4 is 18.9 Å². The maximum Gasteiger partial charge on any atom is 0.212 e. The summed E-state index contributed by atoms with van der Waals surface area (Å²) in [5, 5.41) is 0. The van der Waals surface area contributed by atoms with E-state index in [1.165, 1.54) is 0 Å². The average Bonchev–Trinajstić information content (AvgIpc) is 3.13. The van der Waals surface area contributed by atoms with Gasteiger partial charge in [-0.1, -0.05) is 0 Å². The first-order chi connectivity index (χ1) is 15.6. The topological polar surface area (TPSA) is 80.5 Å². The Labute approximate surface area is 180 Å². The molecule has 0 fully saturated rings. The maximum absolute atomic E-state index is 8.23. The minimum absolute atomic E-state index is 0.146. The van der Waals surface area contributed by atoms with E-state index in [0.29, 0.717) is 40.8 Å².